The quantitative estimate of drug-likeness (QED) is 0.806. The second-order valence-corrected chi connectivity index (χ2v) is 4.42. The molecule has 1 aromatic rings. The Bertz CT molecular complexity index is 426. The number of likely N-dealkylation sites (N-methyl/N-ethyl adjacent to an activating group) is 1. The van der Waals surface area contributed by atoms with E-state index in [4.69, 9.17) is 5.73 Å². The molecule has 0 aromatic heterocycles. The number of hydrogen-bond acceptors (Lipinski definition) is 3. The van der Waals surface area contributed by atoms with Gasteiger partial charge in [0.05, 0.1) is 12.6 Å². The Kier molecular flexibility index (Phi) is 8.59. The van der Waals surface area contributed by atoms with E-state index in [2.05, 4.69) is 5.32 Å². The van der Waals surface area contributed by atoms with E-state index in [-0.39, 0.29) is 30.8 Å². The molecule has 0 spiro atoms. The number of halogens is 1. The first-order chi connectivity index (χ1) is 9.04. The van der Waals surface area contributed by atoms with E-state index in [1.165, 1.54) is 0 Å². The van der Waals surface area contributed by atoms with Crippen molar-refractivity contribution >= 4 is 24.2 Å². The number of rotatable bonds is 6. The molecular weight excluding hydrogens is 278 g/mol. The lowest BCUT2D eigenvalue weighted by Crippen LogP contribution is -2.46. The third-order valence-electron chi connectivity index (χ3n) is 2.95. The van der Waals surface area contributed by atoms with Crippen molar-refractivity contribution in [3.63, 3.8) is 0 Å². The number of carbonyl (C=O) groups excluding carboxylic acids is 2. The molecule has 6 heteroatoms. The Balaban J connectivity index is 0.00000361. The number of carbonyl (C=O) groups is 2. The summed E-state index contributed by atoms with van der Waals surface area (Å²) >= 11 is 0. The average molecular weight is 300 g/mol. The van der Waals surface area contributed by atoms with Crippen LogP contribution in [0.2, 0.25) is 0 Å². The van der Waals surface area contributed by atoms with Crippen molar-refractivity contribution < 1.29 is 9.59 Å². The first-order valence-electron chi connectivity index (χ1n) is 6.35. The molecule has 5 nitrogen and oxygen atoms in total. The molecule has 0 bridgehead atoms. The van der Waals surface area contributed by atoms with E-state index >= 15 is 0 Å². The topological polar surface area (TPSA) is 75.4 Å². The summed E-state index contributed by atoms with van der Waals surface area (Å²) in [5, 5.41) is 2.56. The van der Waals surface area contributed by atoms with Crippen molar-refractivity contribution in [2.45, 2.75) is 19.4 Å². The summed E-state index contributed by atoms with van der Waals surface area (Å²) in [6.07, 6.45) is 0.463. The van der Waals surface area contributed by atoms with Gasteiger partial charge in [0.2, 0.25) is 11.8 Å². The largest absolute Gasteiger partial charge is 0.346 e. The van der Waals surface area contributed by atoms with Gasteiger partial charge in [-0.2, -0.15) is 0 Å². The highest BCUT2D eigenvalue weighted by Gasteiger charge is 2.15. The zero-order valence-corrected chi connectivity index (χ0v) is 12.7. The summed E-state index contributed by atoms with van der Waals surface area (Å²) in [6, 6.07) is 8.92. The SMILES string of the molecule is CCN(C)C(=O)CNC(=O)[C@@H](N)Cc1ccccc1.Cl. The zero-order chi connectivity index (χ0) is 14.3. The minimum Gasteiger partial charge on any atom is -0.346 e. The molecule has 112 valence electrons. The van der Waals surface area contributed by atoms with Crippen molar-refractivity contribution in [1.82, 2.24) is 10.2 Å². The van der Waals surface area contributed by atoms with Crippen LogP contribution in [0, 0.1) is 0 Å². The molecule has 0 aliphatic carbocycles. The minimum atomic E-state index is -0.637. The Morgan fingerprint density at radius 1 is 1.30 bits per heavy atom. The van der Waals surface area contributed by atoms with Crippen molar-refractivity contribution in [1.29, 1.82) is 0 Å². The van der Waals surface area contributed by atoms with Gasteiger partial charge in [-0.05, 0) is 18.9 Å². The number of nitrogens with one attached hydrogen (secondary N) is 1. The van der Waals surface area contributed by atoms with E-state index in [0.29, 0.717) is 13.0 Å². The number of benzene rings is 1. The maximum Gasteiger partial charge on any atom is 0.241 e. The van der Waals surface area contributed by atoms with Crippen LogP contribution in [-0.2, 0) is 16.0 Å². The van der Waals surface area contributed by atoms with Crippen molar-refractivity contribution in [2.24, 2.45) is 5.73 Å². The van der Waals surface area contributed by atoms with Gasteiger partial charge in [-0.3, -0.25) is 9.59 Å². The molecule has 2 amide bonds. The van der Waals surface area contributed by atoms with Crippen molar-refractivity contribution in [2.75, 3.05) is 20.1 Å². The second-order valence-electron chi connectivity index (χ2n) is 4.42. The fourth-order valence-corrected chi connectivity index (χ4v) is 1.57. The van der Waals surface area contributed by atoms with Gasteiger partial charge in [-0.1, -0.05) is 30.3 Å². The summed E-state index contributed by atoms with van der Waals surface area (Å²) in [5.74, 6) is -0.426. The fourth-order valence-electron chi connectivity index (χ4n) is 1.57. The normalized spacial score (nSPS) is 11.2. The molecule has 20 heavy (non-hydrogen) atoms. The molecule has 0 unspecified atom stereocenters. The molecule has 0 fully saturated rings. The third kappa shape index (κ3) is 6.04. The summed E-state index contributed by atoms with van der Waals surface area (Å²) in [7, 11) is 1.69. The summed E-state index contributed by atoms with van der Waals surface area (Å²) < 4.78 is 0. The van der Waals surface area contributed by atoms with E-state index < -0.39 is 6.04 Å². The van der Waals surface area contributed by atoms with Crippen LogP contribution in [0.5, 0.6) is 0 Å². The Morgan fingerprint density at radius 3 is 2.45 bits per heavy atom. The fraction of sp³-hybridized carbons (Fsp3) is 0.429. The van der Waals surface area contributed by atoms with Gasteiger partial charge in [-0.15, -0.1) is 12.4 Å². The number of nitrogens with zero attached hydrogens (tertiary/aromatic N) is 1. The van der Waals surface area contributed by atoms with Gasteiger partial charge in [0.1, 0.15) is 0 Å². The van der Waals surface area contributed by atoms with E-state index in [1.807, 2.05) is 37.3 Å². The number of nitrogens with two attached hydrogens (primary N) is 1. The molecule has 1 aromatic carbocycles. The monoisotopic (exact) mass is 299 g/mol. The lowest BCUT2D eigenvalue weighted by atomic mass is 10.1. The lowest BCUT2D eigenvalue weighted by Gasteiger charge is -2.16. The highest BCUT2D eigenvalue weighted by Crippen LogP contribution is 2.01. The second kappa shape index (κ2) is 9.34. The standard InChI is InChI=1S/C14H21N3O2.ClH/c1-3-17(2)13(18)10-16-14(19)12(15)9-11-7-5-4-6-8-11;/h4-8,12H,3,9-10,15H2,1-2H3,(H,16,19);1H/t12-;/m0./s1. The molecule has 0 saturated heterocycles. The van der Waals surface area contributed by atoms with Gasteiger partial charge in [0.15, 0.2) is 0 Å². The van der Waals surface area contributed by atoms with Crippen LogP contribution in [0.4, 0.5) is 0 Å². The van der Waals surface area contributed by atoms with Crippen LogP contribution in [-0.4, -0.2) is 42.9 Å². The van der Waals surface area contributed by atoms with Crippen LogP contribution in [0.25, 0.3) is 0 Å². The van der Waals surface area contributed by atoms with Crippen LogP contribution in [0.1, 0.15) is 12.5 Å². The zero-order valence-electron chi connectivity index (χ0n) is 11.8. The van der Waals surface area contributed by atoms with Gasteiger partial charge in [-0.25, -0.2) is 0 Å². The van der Waals surface area contributed by atoms with Crippen molar-refractivity contribution in [3.8, 4) is 0 Å². The maximum atomic E-state index is 11.8. The van der Waals surface area contributed by atoms with E-state index in [1.54, 1.807) is 11.9 Å². The summed E-state index contributed by atoms with van der Waals surface area (Å²) in [6.45, 7) is 2.48. The number of hydrogen-bond donors (Lipinski definition) is 2. The van der Waals surface area contributed by atoms with Crippen LogP contribution >= 0.6 is 12.4 Å². The average Bonchev–Trinajstić information content (AvgIpc) is 2.44. The first-order valence-corrected chi connectivity index (χ1v) is 6.35. The molecule has 0 saturated carbocycles. The summed E-state index contributed by atoms with van der Waals surface area (Å²) in [5.41, 5.74) is 6.81. The van der Waals surface area contributed by atoms with Crippen LogP contribution in [0.3, 0.4) is 0 Å². The lowest BCUT2D eigenvalue weighted by molar-refractivity contribution is -0.132. The van der Waals surface area contributed by atoms with Crippen LogP contribution in [0.15, 0.2) is 30.3 Å². The smallest absolute Gasteiger partial charge is 0.241 e. The molecule has 3 N–H and O–H groups in total. The van der Waals surface area contributed by atoms with E-state index in [9.17, 15) is 9.59 Å². The summed E-state index contributed by atoms with van der Waals surface area (Å²) in [4.78, 5) is 24.8. The van der Waals surface area contributed by atoms with E-state index in [0.717, 1.165) is 5.56 Å². The molecule has 0 aliphatic heterocycles. The maximum absolute atomic E-state index is 11.8. The highest BCUT2D eigenvalue weighted by molar-refractivity contribution is 5.87. The minimum absolute atomic E-state index is 0. The predicted molar refractivity (Wildman–Crippen MR) is 81.7 cm³/mol. The predicted octanol–water partition coefficient (Wildman–Crippen LogP) is 0.573. The molecule has 0 aliphatic rings. The molecular formula is C14H22ClN3O2. The third-order valence-corrected chi connectivity index (χ3v) is 2.95. The van der Waals surface area contributed by atoms with Gasteiger partial charge in [0, 0.05) is 13.6 Å². The van der Waals surface area contributed by atoms with Gasteiger partial charge in [0.25, 0.3) is 0 Å². The molecule has 0 radical (unpaired) electrons. The Hall–Kier alpha value is -1.59. The van der Waals surface area contributed by atoms with Crippen LogP contribution < -0.4 is 11.1 Å². The molecule has 1 atom stereocenters. The first kappa shape index (κ1) is 18.4. The Labute approximate surface area is 125 Å². The number of amides is 2. The molecule has 0 heterocycles. The van der Waals surface area contributed by atoms with Crippen molar-refractivity contribution in [3.05, 3.63) is 35.9 Å². The van der Waals surface area contributed by atoms with Gasteiger partial charge < -0.3 is 16.0 Å². The molecule has 1 rings (SSSR count). The Morgan fingerprint density at radius 2 is 1.90 bits per heavy atom. The van der Waals surface area contributed by atoms with Gasteiger partial charge >= 0.3 is 0 Å². The highest BCUT2D eigenvalue weighted by atomic mass is 35.5.